The number of halogens is 1. The molecule has 1 N–H and O–H groups in total. The number of carbonyl (C=O) groups is 2. The van der Waals surface area contributed by atoms with Crippen molar-refractivity contribution in [2.75, 3.05) is 4.90 Å². The van der Waals surface area contributed by atoms with Crippen LogP contribution in [0, 0.1) is 0 Å². The first-order valence-electron chi connectivity index (χ1n) is 5.50. The summed E-state index contributed by atoms with van der Waals surface area (Å²) in [5, 5.41) is 9.96. The summed E-state index contributed by atoms with van der Waals surface area (Å²) in [4.78, 5) is 24.9. The molecular formula is C13H8ClNO3S. The summed E-state index contributed by atoms with van der Waals surface area (Å²) in [6.07, 6.45) is 0. The number of fused-ring (bicyclic) bond motifs is 1. The Morgan fingerprint density at radius 1 is 1.32 bits per heavy atom. The van der Waals surface area contributed by atoms with Gasteiger partial charge < -0.3 is 5.11 Å². The second kappa shape index (κ2) is 4.36. The lowest BCUT2D eigenvalue weighted by molar-refractivity contribution is 0.0702. The van der Waals surface area contributed by atoms with E-state index in [0.717, 1.165) is 16.9 Å². The highest BCUT2D eigenvalue weighted by Gasteiger charge is 2.31. The van der Waals surface area contributed by atoms with Gasteiger partial charge in [-0.2, -0.15) is 0 Å². The van der Waals surface area contributed by atoms with Crippen LogP contribution in [0.15, 0.2) is 30.3 Å². The van der Waals surface area contributed by atoms with Gasteiger partial charge in [0, 0.05) is 0 Å². The lowest BCUT2D eigenvalue weighted by atomic mass is 10.1. The van der Waals surface area contributed by atoms with Crippen LogP contribution in [0.5, 0.6) is 0 Å². The molecule has 1 aliphatic heterocycles. The van der Waals surface area contributed by atoms with Crippen molar-refractivity contribution in [3.8, 4) is 0 Å². The highest BCUT2D eigenvalue weighted by atomic mass is 35.5. The minimum atomic E-state index is -0.988. The molecule has 1 aliphatic rings. The average Bonchev–Trinajstić information content (AvgIpc) is 2.95. The van der Waals surface area contributed by atoms with E-state index in [2.05, 4.69) is 0 Å². The molecule has 0 fully saturated rings. The molecule has 1 amide bonds. The van der Waals surface area contributed by atoms with Gasteiger partial charge in [-0.05, 0) is 23.8 Å². The van der Waals surface area contributed by atoms with Crippen LogP contribution in [0.25, 0.3) is 0 Å². The molecule has 0 aliphatic carbocycles. The van der Waals surface area contributed by atoms with Crippen LogP contribution >= 0.6 is 22.9 Å². The number of nitrogens with zero attached hydrogens (tertiary/aromatic N) is 1. The fourth-order valence-electron chi connectivity index (χ4n) is 2.08. The molecule has 4 nitrogen and oxygen atoms in total. The smallest absolute Gasteiger partial charge is 0.345 e. The van der Waals surface area contributed by atoms with E-state index in [4.69, 9.17) is 16.7 Å². The summed E-state index contributed by atoms with van der Waals surface area (Å²) in [7, 11) is 0. The van der Waals surface area contributed by atoms with Crippen molar-refractivity contribution in [3.05, 3.63) is 51.4 Å². The maximum atomic E-state index is 12.3. The van der Waals surface area contributed by atoms with Gasteiger partial charge in [0.1, 0.15) is 4.88 Å². The van der Waals surface area contributed by atoms with Gasteiger partial charge in [0.15, 0.2) is 0 Å². The van der Waals surface area contributed by atoms with E-state index in [9.17, 15) is 9.59 Å². The van der Waals surface area contributed by atoms with Crippen molar-refractivity contribution in [2.45, 2.75) is 6.54 Å². The number of hydrogen-bond acceptors (Lipinski definition) is 3. The van der Waals surface area contributed by atoms with Crippen molar-refractivity contribution >= 4 is 39.8 Å². The summed E-state index contributed by atoms with van der Waals surface area (Å²) in [6, 6.07) is 8.48. The lowest BCUT2D eigenvalue weighted by Crippen LogP contribution is -2.21. The Balaban J connectivity index is 1.99. The van der Waals surface area contributed by atoms with E-state index >= 15 is 0 Å². The predicted molar refractivity (Wildman–Crippen MR) is 73.2 cm³/mol. The van der Waals surface area contributed by atoms with E-state index in [1.54, 1.807) is 23.1 Å². The highest BCUT2D eigenvalue weighted by molar-refractivity contribution is 7.18. The number of hydrogen-bond donors (Lipinski definition) is 1. The molecule has 0 saturated carbocycles. The first kappa shape index (κ1) is 12.2. The minimum Gasteiger partial charge on any atom is -0.477 e. The van der Waals surface area contributed by atoms with Crippen molar-refractivity contribution < 1.29 is 14.7 Å². The predicted octanol–water partition coefficient (Wildman–Crippen LogP) is 3.26. The van der Waals surface area contributed by atoms with Crippen molar-refractivity contribution in [1.82, 2.24) is 0 Å². The average molecular weight is 294 g/mol. The molecule has 1 aromatic carbocycles. The summed E-state index contributed by atoms with van der Waals surface area (Å²) >= 11 is 7.12. The molecule has 0 atom stereocenters. The molecule has 2 heterocycles. The molecule has 0 saturated heterocycles. The second-order valence-electron chi connectivity index (χ2n) is 4.11. The van der Waals surface area contributed by atoms with Gasteiger partial charge in [-0.1, -0.05) is 23.7 Å². The maximum absolute atomic E-state index is 12.3. The molecule has 1 aromatic heterocycles. The number of carboxylic acids is 1. The van der Waals surface area contributed by atoms with Crippen LogP contribution < -0.4 is 4.90 Å². The molecule has 0 bridgehead atoms. The molecule has 0 radical (unpaired) electrons. The Morgan fingerprint density at radius 3 is 2.74 bits per heavy atom. The van der Waals surface area contributed by atoms with Crippen molar-refractivity contribution in [3.63, 3.8) is 0 Å². The molecule has 96 valence electrons. The standard InChI is InChI=1S/C13H8ClNO3S/c14-8-3-1-2-7-6-15(12(16)11(7)8)10-5-4-9(19-10)13(17)18/h1-5H,6H2,(H,17,18). The van der Waals surface area contributed by atoms with Crippen molar-refractivity contribution in [2.24, 2.45) is 0 Å². The molecule has 0 unspecified atom stereocenters. The third kappa shape index (κ3) is 1.91. The zero-order chi connectivity index (χ0) is 13.6. The van der Waals surface area contributed by atoms with Gasteiger partial charge in [0.05, 0.1) is 22.1 Å². The van der Waals surface area contributed by atoms with Crippen LogP contribution in [0.2, 0.25) is 5.02 Å². The molecule has 19 heavy (non-hydrogen) atoms. The first-order valence-corrected chi connectivity index (χ1v) is 6.70. The zero-order valence-corrected chi connectivity index (χ0v) is 11.2. The zero-order valence-electron chi connectivity index (χ0n) is 9.59. The van der Waals surface area contributed by atoms with Gasteiger partial charge >= 0.3 is 5.97 Å². The second-order valence-corrected chi connectivity index (χ2v) is 5.58. The van der Waals surface area contributed by atoms with E-state index < -0.39 is 5.97 Å². The Morgan fingerprint density at radius 2 is 2.11 bits per heavy atom. The largest absolute Gasteiger partial charge is 0.477 e. The van der Waals surface area contributed by atoms with Crippen LogP contribution in [-0.4, -0.2) is 17.0 Å². The van der Waals surface area contributed by atoms with Gasteiger partial charge in [-0.3, -0.25) is 9.69 Å². The Hall–Kier alpha value is -1.85. The number of anilines is 1. The summed E-state index contributed by atoms with van der Waals surface area (Å²) in [5.74, 6) is -1.17. The monoisotopic (exact) mass is 293 g/mol. The maximum Gasteiger partial charge on any atom is 0.345 e. The van der Waals surface area contributed by atoms with Crippen molar-refractivity contribution in [1.29, 1.82) is 0 Å². The van der Waals surface area contributed by atoms with Crippen LogP contribution in [0.4, 0.5) is 5.00 Å². The Labute approximate surface area is 117 Å². The summed E-state index contributed by atoms with van der Waals surface area (Å²) in [5.41, 5.74) is 1.37. The molecular weight excluding hydrogens is 286 g/mol. The van der Waals surface area contributed by atoms with Gasteiger partial charge in [0.2, 0.25) is 0 Å². The van der Waals surface area contributed by atoms with E-state index in [1.165, 1.54) is 6.07 Å². The lowest BCUT2D eigenvalue weighted by Gasteiger charge is -2.12. The van der Waals surface area contributed by atoms with Gasteiger partial charge in [-0.25, -0.2) is 4.79 Å². The normalized spacial score (nSPS) is 13.7. The number of amides is 1. The van der Waals surface area contributed by atoms with E-state index in [1.807, 2.05) is 6.07 Å². The number of carboxylic acid groups (broad SMARTS) is 1. The number of aromatic carboxylic acids is 1. The number of rotatable bonds is 2. The molecule has 6 heteroatoms. The van der Waals surface area contributed by atoms with Crippen LogP contribution in [0.3, 0.4) is 0 Å². The quantitative estimate of drug-likeness (QED) is 0.924. The first-order chi connectivity index (χ1) is 9.08. The van der Waals surface area contributed by atoms with Gasteiger partial charge in [0.25, 0.3) is 5.91 Å². The van der Waals surface area contributed by atoms with Gasteiger partial charge in [-0.15, -0.1) is 11.3 Å². The molecule has 2 aromatic rings. The fourth-order valence-corrected chi connectivity index (χ4v) is 3.20. The third-order valence-corrected chi connectivity index (χ3v) is 4.37. The minimum absolute atomic E-state index is 0.181. The van der Waals surface area contributed by atoms with E-state index in [0.29, 0.717) is 22.1 Å². The Kier molecular flexibility index (Phi) is 2.80. The SMILES string of the molecule is O=C(O)c1ccc(N2Cc3cccc(Cl)c3C2=O)s1. The highest BCUT2D eigenvalue weighted by Crippen LogP contribution is 2.35. The molecule has 3 rings (SSSR count). The van der Waals surface area contributed by atoms with Crippen LogP contribution in [-0.2, 0) is 6.54 Å². The fraction of sp³-hybridized carbons (Fsp3) is 0.0769. The topological polar surface area (TPSA) is 57.6 Å². The van der Waals surface area contributed by atoms with E-state index in [-0.39, 0.29) is 10.8 Å². The van der Waals surface area contributed by atoms with Crippen LogP contribution in [0.1, 0.15) is 25.6 Å². The number of benzene rings is 1. The Bertz CT molecular complexity index is 695. The summed E-state index contributed by atoms with van der Waals surface area (Å²) in [6.45, 7) is 0.425. The molecule has 0 spiro atoms. The third-order valence-electron chi connectivity index (χ3n) is 2.96. The number of carbonyl (C=O) groups excluding carboxylic acids is 1. The summed E-state index contributed by atoms with van der Waals surface area (Å²) < 4.78 is 0. The number of thiophene rings is 1.